The number of methoxy groups -OCH3 is 2. The van der Waals surface area contributed by atoms with Gasteiger partial charge in [0.05, 0.1) is 43.1 Å². The molecular weight excluding hydrogens is 348 g/mol. The number of nitrogens with zero attached hydrogens (tertiary/aromatic N) is 2. The molecule has 1 aromatic rings. The molecule has 0 amide bonds. The lowest BCUT2D eigenvalue weighted by atomic mass is 9.82. The Labute approximate surface area is 159 Å². The molecular formula is C20H26N2O5. The predicted octanol–water partition coefficient (Wildman–Crippen LogP) is 2.76. The van der Waals surface area contributed by atoms with Crippen molar-refractivity contribution in [2.45, 2.75) is 39.7 Å². The number of esters is 2. The zero-order valence-electron chi connectivity index (χ0n) is 16.6. The minimum absolute atomic E-state index is 0.0118. The molecule has 0 bridgehead atoms. The van der Waals surface area contributed by atoms with Gasteiger partial charge < -0.3 is 19.1 Å². The Bertz CT molecular complexity index is 728. The van der Waals surface area contributed by atoms with Gasteiger partial charge in [-0.25, -0.2) is 9.59 Å². The van der Waals surface area contributed by atoms with Crippen LogP contribution in [0.4, 0.5) is 0 Å². The molecule has 0 aromatic carbocycles. The topological polar surface area (TPSA) is 78.0 Å². The molecule has 0 aliphatic carbocycles. The Kier molecular flexibility index (Phi) is 6.74. The second kappa shape index (κ2) is 8.81. The monoisotopic (exact) mass is 374 g/mol. The lowest BCUT2D eigenvalue weighted by Gasteiger charge is -2.37. The molecule has 0 N–H and O–H groups in total. The number of rotatable bonds is 6. The minimum Gasteiger partial charge on any atom is -0.466 e. The Morgan fingerprint density at radius 2 is 1.63 bits per heavy atom. The number of allylic oxidation sites excluding steroid dienone is 2. The fourth-order valence-electron chi connectivity index (χ4n) is 3.12. The molecule has 27 heavy (non-hydrogen) atoms. The molecule has 146 valence electrons. The standard InChI is InChI=1S/C20H26N2O5/c1-12(2)27-11-22-13(3)16(19(23)25-5)18(15-9-7-8-10-21-15)17(14(22)4)20(24)26-6/h7-10,12,18H,11H2,1-6H3. The molecule has 0 atom stereocenters. The van der Waals surface area contributed by atoms with Crippen molar-refractivity contribution in [3.8, 4) is 0 Å². The van der Waals surface area contributed by atoms with Crippen molar-refractivity contribution in [3.63, 3.8) is 0 Å². The molecule has 0 spiro atoms. The van der Waals surface area contributed by atoms with E-state index in [9.17, 15) is 9.59 Å². The van der Waals surface area contributed by atoms with Crippen molar-refractivity contribution in [3.05, 3.63) is 52.6 Å². The van der Waals surface area contributed by atoms with Crippen molar-refractivity contribution >= 4 is 11.9 Å². The highest BCUT2D eigenvalue weighted by atomic mass is 16.5. The van der Waals surface area contributed by atoms with Crippen LogP contribution in [-0.4, -0.2) is 48.9 Å². The van der Waals surface area contributed by atoms with E-state index < -0.39 is 17.9 Å². The zero-order chi connectivity index (χ0) is 20.1. The largest absolute Gasteiger partial charge is 0.466 e. The average molecular weight is 374 g/mol. The highest BCUT2D eigenvalue weighted by Gasteiger charge is 2.41. The van der Waals surface area contributed by atoms with E-state index in [0.29, 0.717) is 28.2 Å². The lowest BCUT2D eigenvalue weighted by Crippen LogP contribution is -2.37. The molecule has 1 aliphatic rings. The summed E-state index contributed by atoms with van der Waals surface area (Å²) in [5, 5.41) is 0. The third-order valence-electron chi connectivity index (χ3n) is 4.50. The first kappa shape index (κ1) is 20.6. The molecule has 2 heterocycles. The lowest BCUT2D eigenvalue weighted by molar-refractivity contribution is -0.137. The molecule has 2 rings (SSSR count). The van der Waals surface area contributed by atoms with Crippen LogP contribution in [0.1, 0.15) is 39.3 Å². The quantitative estimate of drug-likeness (QED) is 0.709. The summed E-state index contributed by atoms with van der Waals surface area (Å²) in [5.41, 5.74) is 2.57. The maximum absolute atomic E-state index is 12.7. The minimum atomic E-state index is -0.679. The van der Waals surface area contributed by atoms with E-state index in [1.165, 1.54) is 14.2 Å². The Balaban J connectivity index is 2.69. The maximum Gasteiger partial charge on any atom is 0.336 e. The van der Waals surface area contributed by atoms with Crippen LogP contribution in [0.2, 0.25) is 0 Å². The van der Waals surface area contributed by atoms with Crippen LogP contribution in [-0.2, 0) is 23.8 Å². The van der Waals surface area contributed by atoms with Crippen LogP contribution in [0.15, 0.2) is 46.9 Å². The molecule has 0 fully saturated rings. The van der Waals surface area contributed by atoms with Crippen LogP contribution >= 0.6 is 0 Å². The van der Waals surface area contributed by atoms with Crippen molar-refractivity contribution in [1.82, 2.24) is 9.88 Å². The van der Waals surface area contributed by atoms with Gasteiger partial charge in [0.1, 0.15) is 6.73 Å². The number of carbonyl (C=O) groups is 2. The Morgan fingerprint density at radius 3 is 2.04 bits per heavy atom. The van der Waals surface area contributed by atoms with Gasteiger partial charge in [-0.1, -0.05) is 6.07 Å². The SMILES string of the molecule is COC(=O)C1=C(C)N(COC(C)C)C(C)=C(C(=O)OC)C1c1ccccn1. The summed E-state index contributed by atoms with van der Waals surface area (Å²) in [5.74, 6) is -1.72. The van der Waals surface area contributed by atoms with Crippen molar-refractivity contribution < 1.29 is 23.8 Å². The summed E-state index contributed by atoms with van der Waals surface area (Å²) < 4.78 is 15.8. The molecule has 0 radical (unpaired) electrons. The van der Waals surface area contributed by atoms with E-state index in [0.717, 1.165) is 0 Å². The fraction of sp³-hybridized carbons (Fsp3) is 0.450. The molecule has 7 nitrogen and oxygen atoms in total. The van der Waals surface area contributed by atoms with Gasteiger partial charge in [0.15, 0.2) is 0 Å². The normalized spacial score (nSPS) is 15.4. The van der Waals surface area contributed by atoms with Gasteiger partial charge in [-0.05, 0) is 39.8 Å². The van der Waals surface area contributed by atoms with Gasteiger partial charge in [-0.2, -0.15) is 0 Å². The van der Waals surface area contributed by atoms with E-state index in [-0.39, 0.29) is 12.8 Å². The number of ether oxygens (including phenoxy) is 3. The summed E-state index contributed by atoms with van der Waals surface area (Å²) in [6, 6.07) is 5.36. The maximum atomic E-state index is 12.7. The van der Waals surface area contributed by atoms with Crippen LogP contribution in [0, 0.1) is 0 Å². The van der Waals surface area contributed by atoms with Crippen molar-refractivity contribution in [1.29, 1.82) is 0 Å². The van der Waals surface area contributed by atoms with Crippen LogP contribution in [0.3, 0.4) is 0 Å². The highest BCUT2D eigenvalue weighted by Crippen LogP contribution is 2.42. The van der Waals surface area contributed by atoms with Crippen LogP contribution in [0.25, 0.3) is 0 Å². The van der Waals surface area contributed by atoms with Gasteiger partial charge >= 0.3 is 11.9 Å². The van der Waals surface area contributed by atoms with Crippen molar-refractivity contribution in [2.75, 3.05) is 21.0 Å². The van der Waals surface area contributed by atoms with E-state index >= 15 is 0 Å². The van der Waals surface area contributed by atoms with E-state index in [1.807, 2.05) is 33.8 Å². The first-order valence-electron chi connectivity index (χ1n) is 8.71. The van der Waals surface area contributed by atoms with E-state index in [4.69, 9.17) is 14.2 Å². The van der Waals surface area contributed by atoms with Gasteiger partial charge in [0, 0.05) is 17.6 Å². The molecule has 0 saturated carbocycles. The fourth-order valence-corrected chi connectivity index (χ4v) is 3.12. The number of hydrogen-bond donors (Lipinski definition) is 0. The Morgan fingerprint density at radius 1 is 1.07 bits per heavy atom. The summed E-state index contributed by atoms with van der Waals surface area (Å²) in [6.45, 7) is 7.65. The van der Waals surface area contributed by atoms with Gasteiger partial charge in [0.2, 0.25) is 0 Å². The highest BCUT2D eigenvalue weighted by molar-refractivity contribution is 5.99. The predicted molar refractivity (Wildman–Crippen MR) is 99.3 cm³/mol. The molecule has 1 aromatic heterocycles. The summed E-state index contributed by atoms with van der Waals surface area (Å²) in [6.07, 6.45) is 1.61. The molecule has 0 saturated heterocycles. The molecule has 0 unspecified atom stereocenters. The smallest absolute Gasteiger partial charge is 0.336 e. The van der Waals surface area contributed by atoms with Gasteiger partial charge in [0.25, 0.3) is 0 Å². The zero-order valence-corrected chi connectivity index (χ0v) is 16.6. The summed E-state index contributed by atoms with van der Waals surface area (Å²) in [4.78, 5) is 31.5. The average Bonchev–Trinajstić information content (AvgIpc) is 2.66. The molecule has 7 heteroatoms. The first-order valence-corrected chi connectivity index (χ1v) is 8.71. The summed E-state index contributed by atoms with van der Waals surface area (Å²) in [7, 11) is 2.63. The van der Waals surface area contributed by atoms with E-state index in [2.05, 4.69) is 4.98 Å². The number of carbonyl (C=O) groups excluding carboxylic acids is 2. The third kappa shape index (κ3) is 4.19. The van der Waals surface area contributed by atoms with E-state index in [1.54, 1.807) is 23.2 Å². The number of pyridine rings is 1. The number of aromatic nitrogens is 1. The first-order chi connectivity index (χ1) is 12.8. The van der Waals surface area contributed by atoms with Crippen LogP contribution in [0.5, 0.6) is 0 Å². The third-order valence-corrected chi connectivity index (χ3v) is 4.50. The van der Waals surface area contributed by atoms with Crippen LogP contribution < -0.4 is 0 Å². The van der Waals surface area contributed by atoms with Gasteiger partial charge in [-0.15, -0.1) is 0 Å². The van der Waals surface area contributed by atoms with Gasteiger partial charge in [-0.3, -0.25) is 4.98 Å². The molecule has 1 aliphatic heterocycles. The van der Waals surface area contributed by atoms with Crippen molar-refractivity contribution in [2.24, 2.45) is 0 Å². The second-order valence-electron chi connectivity index (χ2n) is 6.44. The Hall–Kier alpha value is -2.67. The summed E-state index contributed by atoms with van der Waals surface area (Å²) >= 11 is 0. The number of hydrogen-bond acceptors (Lipinski definition) is 7. The second-order valence-corrected chi connectivity index (χ2v) is 6.44.